The molecule has 1 fully saturated rings. The van der Waals surface area contributed by atoms with E-state index in [0.717, 1.165) is 16.7 Å². The molecule has 4 atom stereocenters. The van der Waals surface area contributed by atoms with Crippen molar-refractivity contribution in [2.75, 3.05) is 7.11 Å². The minimum absolute atomic E-state index is 0.267. The zero-order chi connectivity index (χ0) is 29.8. The third-order valence-corrected chi connectivity index (χ3v) is 8.67. The highest BCUT2D eigenvalue weighted by atomic mass is 79.9. The van der Waals surface area contributed by atoms with Crippen LogP contribution in [0.2, 0.25) is 5.02 Å². The Hall–Kier alpha value is -3.94. The predicted molar refractivity (Wildman–Crippen MR) is 166 cm³/mol. The maximum atomic E-state index is 14.5. The second kappa shape index (κ2) is 12.9. The van der Waals surface area contributed by atoms with Crippen LogP contribution in [0.3, 0.4) is 0 Å². The Morgan fingerprint density at radius 3 is 2.14 bits per heavy atom. The van der Waals surface area contributed by atoms with Gasteiger partial charge in [0.2, 0.25) is 5.91 Å². The molecular formula is C34H30BrClN2O4. The molecule has 2 amide bonds. The summed E-state index contributed by atoms with van der Waals surface area (Å²) in [6.07, 6.45) is 0. The summed E-state index contributed by atoms with van der Waals surface area (Å²) in [5.74, 6) is -2.83. The van der Waals surface area contributed by atoms with E-state index in [-0.39, 0.29) is 18.4 Å². The Kier molecular flexibility index (Phi) is 9.09. The van der Waals surface area contributed by atoms with E-state index in [4.69, 9.17) is 16.3 Å². The molecule has 42 heavy (non-hydrogen) atoms. The molecule has 4 aromatic carbocycles. The second-order valence-electron chi connectivity index (χ2n) is 10.3. The zero-order valence-corrected chi connectivity index (χ0v) is 25.5. The summed E-state index contributed by atoms with van der Waals surface area (Å²) in [5.41, 5.74) is 3.84. The minimum Gasteiger partial charge on any atom is -0.469 e. The van der Waals surface area contributed by atoms with E-state index in [1.807, 2.05) is 67.6 Å². The fraction of sp³-hybridized carbons (Fsp3) is 0.206. The largest absolute Gasteiger partial charge is 0.469 e. The molecule has 0 bridgehead atoms. The topological polar surface area (TPSA) is 75.7 Å². The first-order valence-electron chi connectivity index (χ1n) is 13.6. The first-order valence-corrected chi connectivity index (χ1v) is 14.8. The van der Waals surface area contributed by atoms with Gasteiger partial charge in [0.05, 0.1) is 24.6 Å². The van der Waals surface area contributed by atoms with Gasteiger partial charge in [-0.25, -0.2) is 0 Å². The summed E-state index contributed by atoms with van der Waals surface area (Å²) in [5, 5.41) is 3.57. The van der Waals surface area contributed by atoms with Crippen LogP contribution in [0.1, 0.15) is 44.6 Å². The van der Waals surface area contributed by atoms with Crippen LogP contribution in [0.25, 0.3) is 0 Å². The number of carbonyl (C=O) groups is 3. The Bertz CT molecular complexity index is 1580. The molecule has 5 rings (SSSR count). The average molecular weight is 646 g/mol. The Morgan fingerprint density at radius 2 is 1.50 bits per heavy atom. The predicted octanol–water partition coefficient (Wildman–Crippen LogP) is 6.87. The van der Waals surface area contributed by atoms with Crippen molar-refractivity contribution < 1.29 is 19.1 Å². The van der Waals surface area contributed by atoms with Crippen LogP contribution in [0.5, 0.6) is 0 Å². The SMILES string of the molecule is COC(=O)C1C(c2ccccc2)C(C(=O)NCc2ccc(C)cc2)N(C(=O)c2ccccc2Br)C1c1ccc(Cl)cc1. The van der Waals surface area contributed by atoms with E-state index in [0.29, 0.717) is 20.6 Å². The summed E-state index contributed by atoms with van der Waals surface area (Å²) in [7, 11) is 1.33. The van der Waals surface area contributed by atoms with Gasteiger partial charge in [-0.05, 0) is 63.8 Å². The molecule has 1 saturated heterocycles. The van der Waals surface area contributed by atoms with Crippen molar-refractivity contribution in [2.24, 2.45) is 5.92 Å². The number of methoxy groups -OCH3 is 1. The summed E-state index contributed by atoms with van der Waals surface area (Å²) in [6.45, 7) is 2.27. The monoisotopic (exact) mass is 644 g/mol. The molecule has 0 radical (unpaired) electrons. The molecule has 214 valence electrons. The number of likely N-dealkylation sites (tertiary alicyclic amines) is 1. The molecule has 6 nitrogen and oxygen atoms in total. The summed E-state index contributed by atoms with van der Waals surface area (Å²) in [4.78, 5) is 44.0. The molecule has 0 aliphatic carbocycles. The molecule has 0 spiro atoms. The lowest BCUT2D eigenvalue weighted by Gasteiger charge is -2.32. The van der Waals surface area contributed by atoms with Gasteiger partial charge < -0.3 is 15.0 Å². The van der Waals surface area contributed by atoms with Gasteiger partial charge in [-0.1, -0.05) is 96.0 Å². The summed E-state index contributed by atoms with van der Waals surface area (Å²) >= 11 is 9.75. The van der Waals surface area contributed by atoms with Gasteiger partial charge in [0.1, 0.15) is 6.04 Å². The fourth-order valence-corrected chi connectivity index (χ4v) is 6.31. The first kappa shape index (κ1) is 29.5. The van der Waals surface area contributed by atoms with Crippen molar-refractivity contribution in [1.82, 2.24) is 10.2 Å². The van der Waals surface area contributed by atoms with Crippen molar-refractivity contribution in [3.05, 3.63) is 140 Å². The molecule has 1 heterocycles. The van der Waals surface area contributed by atoms with Gasteiger partial charge in [-0.15, -0.1) is 0 Å². The molecular weight excluding hydrogens is 616 g/mol. The summed E-state index contributed by atoms with van der Waals surface area (Å²) < 4.78 is 5.93. The van der Waals surface area contributed by atoms with Gasteiger partial charge in [0, 0.05) is 22.0 Å². The lowest BCUT2D eigenvalue weighted by Crippen LogP contribution is -2.48. The Morgan fingerprint density at radius 1 is 0.857 bits per heavy atom. The molecule has 0 saturated carbocycles. The van der Waals surface area contributed by atoms with Gasteiger partial charge in [-0.2, -0.15) is 0 Å². The number of nitrogens with one attached hydrogen (secondary N) is 1. The van der Waals surface area contributed by atoms with E-state index in [2.05, 4.69) is 21.2 Å². The van der Waals surface area contributed by atoms with Crippen molar-refractivity contribution in [2.45, 2.75) is 31.5 Å². The highest BCUT2D eigenvalue weighted by Crippen LogP contribution is 2.51. The minimum atomic E-state index is -1.03. The van der Waals surface area contributed by atoms with Gasteiger partial charge in [0.15, 0.2) is 0 Å². The number of rotatable bonds is 7. The van der Waals surface area contributed by atoms with Crippen molar-refractivity contribution in [1.29, 1.82) is 0 Å². The number of aryl methyl sites for hydroxylation is 1. The van der Waals surface area contributed by atoms with Crippen LogP contribution >= 0.6 is 27.5 Å². The van der Waals surface area contributed by atoms with Gasteiger partial charge in [-0.3, -0.25) is 14.4 Å². The maximum Gasteiger partial charge on any atom is 0.311 e. The van der Waals surface area contributed by atoms with E-state index < -0.39 is 29.9 Å². The van der Waals surface area contributed by atoms with E-state index in [1.165, 1.54) is 7.11 Å². The molecule has 8 heteroatoms. The number of esters is 1. The van der Waals surface area contributed by atoms with Crippen LogP contribution in [0.15, 0.2) is 108 Å². The highest BCUT2D eigenvalue weighted by molar-refractivity contribution is 9.10. The number of hydrogen-bond acceptors (Lipinski definition) is 4. The van der Waals surface area contributed by atoms with Crippen LogP contribution in [0, 0.1) is 12.8 Å². The van der Waals surface area contributed by atoms with E-state index in [1.54, 1.807) is 47.4 Å². The quantitative estimate of drug-likeness (QED) is 0.223. The lowest BCUT2D eigenvalue weighted by atomic mass is 9.80. The fourth-order valence-electron chi connectivity index (χ4n) is 5.73. The van der Waals surface area contributed by atoms with Crippen LogP contribution in [-0.4, -0.2) is 35.8 Å². The molecule has 1 N–H and O–H groups in total. The number of ether oxygens (including phenoxy) is 1. The highest BCUT2D eigenvalue weighted by Gasteiger charge is 2.58. The number of hydrogen-bond donors (Lipinski definition) is 1. The van der Waals surface area contributed by atoms with Crippen LogP contribution < -0.4 is 5.32 Å². The number of halogens is 2. The third kappa shape index (κ3) is 5.98. The first-order chi connectivity index (χ1) is 20.3. The zero-order valence-electron chi connectivity index (χ0n) is 23.2. The smallest absolute Gasteiger partial charge is 0.311 e. The number of benzene rings is 4. The van der Waals surface area contributed by atoms with Gasteiger partial charge >= 0.3 is 5.97 Å². The number of nitrogens with zero attached hydrogens (tertiary/aromatic N) is 1. The number of amides is 2. The number of carbonyl (C=O) groups excluding carboxylic acids is 3. The van der Waals surface area contributed by atoms with Crippen molar-refractivity contribution >= 4 is 45.3 Å². The average Bonchev–Trinajstić information content (AvgIpc) is 3.37. The summed E-state index contributed by atoms with van der Waals surface area (Å²) in [6, 6.07) is 29.5. The van der Waals surface area contributed by atoms with Gasteiger partial charge in [0.25, 0.3) is 5.91 Å². The normalized spacial score (nSPS) is 19.8. The molecule has 1 aliphatic heterocycles. The van der Waals surface area contributed by atoms with Crippen molar-refractivity contribution in [3.63, 3.8) is 0 Å². The van der Waals surface area contributed by atoms with Crippen LogP contribution in [0.4, 0.5) is 0 Å². The maximum absolute atomic E-state index is 14.5. The molecule has 4 unspecified atom stereocenters. The van der Waals surface area contributed by atoms with Crippen molar-refractivity contribution in [3.8, 4) is 0 Å². The third-order valence-electron chi connectivity index (χ3n) is 7.73. The molecule has 4 aromatic rings. The Balaban J connectivity index is 1.69. The van der Waals surface area contributed by atoms with E-state index in [9.17, 15) is 14.4 Å². The van der Waals surface area contributed by atoms with Crippen LogP contribution in [-0.2, 0) is 20.9 Å². The lowest BCUT2D eigenvalue weighted by molar-refractivity contribution is -0.146. The molecule has 1 aliphatic rings. The standard InChI is InChI=1S/C34H30BrClN2O4/c1-21-12-14-22(15-13-21)20-37-32(39)31-28(23-8-4-3-5-9-23)29(34(41)42-2)30(24-16-18-25(36)19-17-24)38(31)33(40)26-10-6-7-11-27(26)35/h3-19,28-31H,20H2,1-2H3,(H,37,39). The van der Waals surface area contributed by atoms with E-state index >= 15 is 0 Å². The molecule has 0 aromatic heterocycles. The second-order valence-corrected chi connectivity index (χ2v) is 11.6. The Labute approximate surface area is 258 Å².